The second-order valence-electron chi connectivity index (χ2n) is 2.63. The molecular formula is C7H15NO2. The minimum atomic E-state index is 0.0526. The second kappa shape index (κ2) is 5.23. The molecule has 0 radical (unpaired) electrons. The van der Waals surface area contributed by atoms with E-state index in [0.717, 1.165) is 0 Å². The lowest BCUT2D eigenvalue weighted by Crippen LogP contribution is -2.26. The van der Waals surface area contributed by atoms with E-state index in [1.807, 2.05) is 13.8 Å². The zero-order valence-electron chi connectivity index (χ0n) is 6.81. The van der Waals surface area contributed by atoms with Crippen molar-refractivity contribution in [1.29, 1.82) is 0 Å². The predicted octanol–water partition coefficient (Wildman–Crippen LogP) is 0.753. The molecule has 0 rings (SSSR count). The summed E-state index contributed by atoms with van der Waals surface area (Å²) < 4.78 is 4.66. The van der Waals surface area contributed by atoms with Crippen LogP contribution in [0.15, 0.2) is 0 Å². The van der Waals surface area contributed by atoms with E-state index in [0.29, 0.717) is 19.1 Å². The lowest BCUT2D eigenvalue weighted by molar-refractivity contribution is -0.123. The molecule has 0 bridgehead atoms. The van der Waals surface area contributed by atoms with Gasteiger partial charge in [0.05, 0.1) is 0 Å². The zero-order chi connectivity index (χ0) is 7.98. The number of amides is 1. The summed E-state index contributed by atoms with van der Waals surface area (Å²) in [5, 5.41) is 2.60. The van der Waals surface area contributed by atoms with Crippen molar-refractivity contribution in [3.63, 3.8) is 0 Å². The van der Waals surface area contributed by atoms with Gasteiger partial charge in [-0.05, 0) is 5.92 Å². The molecule has 0 unspecified atom stereocenters. The first kappa shape index (κ1) is 9.43. The summed E-state index contributed by atoms with van der Waals surface area (Å²) in [7, 11) is 1.55. The highest BCUT2D eigenvalue weighted by atomic mass is 16.5. The van der Waals surface area contributed by atoms with Gasteiger partial charge in [-0.15, -0.1) is 0 Å². The van der Waals surface area contributed by atoms with Gasteiger partial charge in [0.1, 0.15) is 6.73 Å². The first-order chi connectivity index (χ1) is 4.66. The molecule has 0 aromatic carbocycles. The molecule has 0 aliphatic rings. The van der Waals surface area contributed by atoms with Crippen molar-refractivity contribution in [2.24, 2.45) is 5.92 Å². The Labute approximate surface area is 61.8 Å². The average Bonchev–Trinajstić information content (AvgIpc) is 1.82. The van der Waals surface area contributed by atoms with E-state index in [1.54, 1.807) is 7.11 Å². The minimum Gasteiger partial charge on any atom is -0.364 e. The number of nitrogens with one attached hydrogen (secondary N) is 1. The van der Waals surface area contributed by atoms with E-state index in [9.17, 15) is 4.79 Å². The number of ether oxygens (including phenoxy) is 1. The van der Waals surface area contributed by atoms with E-state index in [2.05, 4.69) is 10.1 Å². The molecule has 3 heteroatoms. The smallest absolute Gasteiger partial charge is 0.222 e. The van der Waals surface area contributed by atoms with Gasteiger partial charge in [0.15, 0.2) is 0 Å². The monoisotopic (exact) mass is 145 g/mol. The Kier molecular flexibility index (Phi) is 4.94. The molecule has 0 fully saturated rings. The first-order valence-electron chi connectivity index (χ1n) is 3.42. The Balaban J connectivity index is 3.26. The standard InChI is InChI=1S/C7H15NO2/c1-6(2)4-7(9)8-5-10-3/h6H,4-5H2,1-3H3,(H,8,9). The maximum Gasteiger partial charge on any atom is 0.222 e. The number of hydrogen-bond donors (Lipinski definition) is 1. The summed E-state index contributed by atoms with van der Waals surface area (Å²) >= 11 is 0. The highest BCUT2D eigenvalue weighted by Crippen LogP contribution is 1.97. The lowest BCUT2D eigenvalue weighted by Gasteiger charge is -2.04. The summed E-state index contributed by atoms with van der Waals surface area (Å²) in [6.07, 6.45) is 0.573. The Morgan fingerprint density at radius 1 is 1.60 bits per heavy atom. The van der Waals surface area contributed by atoms with E-state index in [1.165, 1.54) is 0 Å². The van der Waals surface area contributed by atoms with E-state index >= 15 is 0 Å². The van der Waals surface area contributed by atoms with Crippen LogP contribution >= 0.6 is 0 Å². The van der Waals surface area contributed by atoms with Gasteiger partial charge in [0, 0.05) is 13.5 Å². The third kappa shape index (κ3) is 5.56. The molecule has 60 valence electrons. The van der Waals surface area contributed by atoms with Gasteiger partial charge in [0.25, 0.3) is 0 Å². The molecule has 0 aromatic rings. The second-order valence-corrected chi connectivity index (χ2v) is 2.63. The number of hydrogen-bond acceptors (Lipinski definition) is 2. The largest absolute Gasteiger partial charge is 0.364 e. The Hall–Kier alpha value is -0.570. The van der Waals surface area contributed by atoms with Crippen LogP contribution in [-0.2, 0) is 9.53 Å². The molecule has 0 atom stereocenters. The third-order valence-electron chi connectivity index (χ3n) is 1.01. The van der Waals surface area contributed by atoms with E-state index in [-0.39, 0.29) is 5.91 Å². The fourth-order valence-electron chi connectivity index (χ4n) is 0.596. The van der Waals surface area contributed by atoms with Gasteiger partial charge < -0.3 is 10.1 Å². The maximum absolute atomic E-state index is 10.8. The molecule has 10 heavy (non-hydrogen) atoms. The predicted molar refractivity (Wildman–Crippen MR) is 39.5 cm³/mol. The zero-order valence-corrected chi connectivity index (χ0v) is 6.81. The number of rotatable bonds is 4. The first-order valence-corrected chi connectivity index (χ1v) is 3.42. The molecule has 0 spiro atoms. The Bertz CT molecular complexity index is 102. The summed E-state index contributed by atoms with van der Waals surface area (Å²) in [4.78, 5) is 10.8. The van der Waals surface area contributed by atoms with E-state index in [4.69, 9.17) is 0 Å². The van der Waals surface area contributed by atoms with Crippen molar-refractivity contribution in [2.75, 3.05) is 13.8 Å². The molecule has 0 aromatic heterocycles. The van der Waals surface area contributed by atoms with Gasteiger partial charge in [-0.25, -0.2) is 0 Å². The van der Waals surface area contributed by atoms with Crippen LogP contribution in [0.2, 0.25) is 0 Å². The van der Waals surface area contributed by atoms with Gasteiger partial charge in [-0.1, -0.05) is 13.8 Å². The van der Waals surface area contributed by atoms with Crippen LogP contribution in [0, 0.1) is 5.92 Å². The molecule has 1 amide bonds. The van der Waals surface area contributed by atoms with Gasteiger partial charge in [-0.3, -0.25) is 4.79 Å². The fraction of sp³-hybridized carbons (Fsp3) is 0.857. The van der Waals surface area contributed by atoms with Crippen molar-refractivity contribution in [3.05, 3.63) is 0 Å². The summed E-state index contributed by atoms with van der Waals surface area (Å²) in [5.41, 5.74) is 0. The van der Waals surface area contributed by atoms with Crippen molar-refractivity contribution >= 4 is 5.91 Å². The molecular weight excluding hydrogens is 130 g/mol. The number of carbonyl (C=O) groups excluding carboxylic acids is 1. The summed E-state index contributed by atoms with van der Waals surface area (Å²) in [6.45, 7) is 4.32. The van der Waals surface area contributed by atoms with Crippen molar-refractivity contribution in [2.45, 2.75) is 20.3 Å². The average molecular weight is 145 g/mol. The van der Waals surface area contributed by atoms with E-state index < -0.39 is 0 Å². The van der Waals surface area contributed by atoms with Crippen LogP contribution in [0.1, 0.15) is 20.3 Å². The molecule has 1 N–H and O–H groups in total. The topological polar surface area (TPSA) is 38.3 Å². The summed E-state index contributed by atoms with van der Waals surface area (Å²) in [5.74, 6) is 0.466. The van der Waals surface area contributed by atoms with Gasteiger partial charge in [-0.2, -0.15) is 0 Å². The fourth-order valence-corrected chi connectivity index (χ4v) is 0.596. The van der Waals surface area contributed by atoms with Crippen molar-refractivity contribution in [1.82, 2.24) is 5.32 Å². The molecule has 0 saturated carbocycles. The SMILES string of the molecule is COCNC(=O)CC(C)C. The van der Waals surface area contributed by atoms with Crippen LogP contribution in [0.5, 0.6) is 0 Å². The molecule has 0 aliphatic carbocycles. The van der Waals surface area contributed by atoms with Crippen LogP contribution in [0.25, 0.3) is 0 Å². The summed E-state index contributed by atoms with van der Waals surface area (Å²) in [6, 6.07) is 0. The van der Waals surface area contributed by atoms with Crippen LogP contribution in [0.3, 0.4) is 0 Å². The molecule has 0 saturated heterocycles. The maximum atomic E-state index is 10.8. The van der Waals surface area contributed by atoms with Crippen LogP contribution in [0.4, 0.5) is 0 Å². The highest BCUT2D eigenvalue weighted by molar-refractivity contribution is 5.75. The quantitative estimate of drug-likeness (QED) is 0.593. The highest BCUT2D eigenvalue weighted by Gasteiger charge is 2.01. The van der Waals surface area contributed by atoms with Gasteiger partial charge >= 0.3 is 0 Å². The van der Waals surface area contributed by atoms with Crippen LogP contribution in [-0.4, -0.2) is 19.7 Å². The number of methoxy groups -OCH3 is 1. The van der Waals surface area contributed by atoms with Crippen LogP contribution < -0.4 is 5.32 Å². The van der Waals surface area contributed by atoms with Crippen molar-refractivity contribution in [3.8, 4) is 0 Å². The van der Waals surface area contributed by atoms with Crippen molar-refractivity contribution < 1.29 is 9.53 Å². The minimum absolute atomic E-state index is 0.0526. The number of carbonyl (C=O) groups is 1. The Morgan fingerprint density at radius 2 is 2.20 bits per heavy atom. The van der Waals surface area contributed by atoms with Gasteiger partial charge in [0.2, 0.25) is 5.91 Å². The lowest BCUT2D eigenvalue weighted by atomic mass is 10.1. The molecule has 3 nitrogen and oxygen atoms in total. The molecule has 0 heterocycles. The normalized spacial score (nSPS) is 10.0. The molecule has 0 aliphatic heterocycles. The third-order valence-corrected chi connectivity index (χ3v) is 1.01. The Morgan fingerprint density at radius 3 is 2.60 bits per heavy atom.